The standard InChI is InChI=1S/C48H32N2/c1-3-18-40(19-4-1)49-45-30-39-27-36-23-31-13-7-8-14-32(31)24-37(36)29-44(39)47(48(45)50-41-20-5-2-6-21-41)46-42-22-12-11-17-35(42)26-38-25-33-15-9-10-16-34(33)28-43(38)46/h1-30,49-50H. The van der Waals surface area contributed by atoms with Crippen LogP contribution in [0.5, 0.6) is 0 Å². The number of fused-ring (bicyclic) bond motifs is 6. The number of nitrogens with one attached hydrogen (secondary N) is 2. The molecule has 234 valence electrons. The first kappa shape index (κ1) is 28.4. The third-order valence-corrected chi connectivity index (χ3v) is 10.0. The Morgan fingerprint density at radius 2 is 0.680 bits per heavy atom. The molecule has 0 aliphatic rings. The van der Waals surface area contributed by atoms with Crippen molar-refractivity contribution in [3.05, 3.63) is 182 Å². The Morgan fingerprint density at radius 3 is 1.34 bits per heavy atom. The maximum atomic E-state index is 3.93. The van der Waals surface area contributed by atoms with E-state index in [0.29, 0.717) is 0 Å². The Hall–Kier alpha value is -6.64. The van der Waals surface area contributed by atoms with Crippen LogP contribution < -0.4 is 10.6 Å². The van der Waals surface area contributed by atoms with Crippen molar-refractivity contribution in [2.45, 2.75) is 0 Å². The molecule has 0 saturated carbocycles. The second-order valence-electron chi connectivity index (χ2n) is 13.2. The zero-order valence-electron chi connectivity index (χ0n) is 27.3. The van der Waals surface area contributed by atoms with Crippen LogP contribution in [-0.2, 0) is 0 Å². The predicted molar refractivity (Wildman–Crippen MR) is 216 cm³/mol. The molecule has 0 unspecified atom stereocenters. The lowest BCUT2D eigenvalue weighted by molar-refractivity contribution is 1.52. The molecule has 0 spiro atoms. The summed E-state index contributed by atoms with van der Waals surface area (Å²) in [6.45, 7) is 0. The van der Waals surface area contributed by atoms with Gasteiger partial charge in [0, 0.05) is 22.5 Å². The molecule has 50 heavy (non-hydrogen) atoms. The van der Waals surface area contributed by atoms with Crippen molar-refractivity contribution >= 4 is 87.4 Å². The van der Waals surface area contributed by atoms with Crippen LogP contribution >= 0.6 is 0 Å². The van der Waals surface area contributed by atoms with Gasteiger partial charge in [0.15, 0.2) is 0 Å². The van der Waals surface area contributed by atoms with Gasteiger partial charge in [-0.05, 0) is 137 Å². The lowest BCUT2D eigenvalue weighted by Crippen LogP contribution is -2.02. The van der Waals surface area contributed by atoms with E-state index in [1.807, 2.05) is 0 Å². The van der Waals surface area contributed by atoms with Crippen molar-refractivity contribution in [1.29, 1.82) is 0 Å². The fourth-order valence-electron chi connectivity index (χ4n) is 7.70. The van der Waals surface area contributed by atoms with Crippen LogP contribution in [0.2, 0.25) is 0 Å². The molecule has 2 nitrogen and oxygen atoms in total. The highest BCUT2D eigenvalue weighted by atomic mass is 15.0. The lowest BCUT2D eigenvalue weighted by atomic mass is 9.86. The van der Waals surface area contributed by atoms with E-state index in [4.69, 9.17) is 0 Å². The van der Waals surface area contributed by atoms with Crippen molar-refractivity contribution in [2.24, 2.45) is 0 Å². The van der Waals surface area contributed by atoms with E-state index in [-0.39, 0.29) is 0 Å². The topological polar surface area (TPSA) is 24.1 Å². The molecule has 10 aromatic carbocycles. The Kier molecular flexibility index (Phi) is 6.53. The van der Waals surface area contributed by atoms with Gasteiger partial charge in [0.2, 0.25) is 0 Å². The molecule has 0 aromatic heterocycles. The van der Waals surface area contributed by atoms with Gasteiger partial charge in [-0.15, -0.1) is 0 Å². The van der Waals surface area contributed by atoms with Crippen LogP contribution in [0.25, 0.3) is 75.8 Å². The SMILES string of the molecule is c1ccc(Nc2cc3cc4cc5ccccc5cc4cc3c(-c3c4ccccc4cc4cc5ccccc5cc34)c2Nc2ccccc2)cc1. The van der Waals surface area contributed by atoms with E-state index in [1.165, 1.54) is 75.8 Å². The van der Waals surface area contributed by atoms with Crippen LogP contribution in [0.4, 0.5) is 22.7 Å². The minimum Gasteiger partial charge on any atom is -0.354 e. The number of hydrogen-bond donors (Lipinski definition) is 2. The Balaban J connectivity index is 1.40. The molecule has 0 aliphatic carbocycles. The average molecular weight is 637 g/mol. The molecule has 0 aliphatic heterocycles. The first-order valence-electron chi connectivity index (χ1n) is 17.2. The maximum absolute atomic E-state index is 3.93. The van der Waals surface area contributed by atoms with Gasteiger partial charge in [-0.25, -0.2) is 0 Å². The average Bonchev–Trinajstić information content (AvgIpc) is 3.16. The number of rotatable bonds is 5. The summed E-state index contributed by atoms with van der Waals surface area (Å²) in [6.07, 6.45) is 0. The monoisotopic (exact) mass is 636 g/mol. The van der Waals surface area contributed by atoms with Crippen molar-refractivity contribution in [3.63, 3.8) is 0 Å². The third-order valence-electron chi connectivity index (χ3n) is 10.0. The summed E-state index contributed by atoms with van der Waals surface area (Å²) in [6, 6.07) is 66.0. The van der Waals surface area contributed by atoms with Gasteiger partial charge < -0.3 is 10.6 Å². The van der Waals surface area contributed by atoms with Gasteiger partial charge in [-0.3, -0.25) is 0 Å². The zero-order valence-corrected chi connectivity index (χ0v) is 27.3. The van der Waals surface area contributed by atoms with Gasteiger partial charge in [0.1, 0.15) is 0 Å². The molecule has 2 heteroatoms. The van der Waals surface area contributed by atoms with E-state index >= 15 is 0 Å². The van der Waals surface area contributed by atoms with Gasteiger partial charge >= 0.3 is 0 Å². The van der Waals surface area contributed by atoms with Crippen LogP contribution in [0, 0.1) is 0 Å². The Bertz CT molecular complexity index is 2910. The Labute approximate surface area is 290 Å². The molecule has 10 aromatic rings. The summed E-state index contributed by atoms with van der Waals surface area (Å²) in [4.78, 5) is 0. The van der Waals surface area contributed by atoms with Crippen LogP contribution in [0.1, 0.15) is 0 Å². The summed E-state index contributed by atoms with van der Waals surface area (Å²) in [5.41, 5.74) is 6.53. The molecule has 0 atom stereocenters. The first-order chi connectivity index (χ1) is 24.7. The number of anilines is 4. The fraction of sp³-hybridized carbons (Fsp3) is 0. The van der Waals surface area contributed by atoms with Gasteiger partial charge in [-0.2, -0.15) is 0 Å². The van der Waals surface area contributed by atoms with Crippen molar-refractivity contribution in [3.8, 4) is 11.1 Å². The summed E-state index contributed by atoms with van der Waals surface area (Å²) >= 11 is 0. The number of para-hydroxylation sites is 2. The minimum absolute atomic E-state index is 1.02. The van der Waals surface area contributed by atoms with Crippen LogP contribution in [0.15, 0.2) is 182 Å². The van der Waals surface area contributed by atoms with E-state index in [2.05, 4.69) is 193 Å². The molecule has 0 amide bonds. The fourth-order valence-corrected chi connectivity index (χ4v) is 7.70. The highest BCUT2D eigenvalue weighted by Crippen LogP contribution is 2.49. The lowest BCUT2D eigenvalue weighted by Gasteiger charge is -2.24. The highest BCUT2D eigenvalue weighted by Gasteiger charge is 2.22. The van der Waals surface area contributed by atoms with Crippen LogP contribution in [-0.4, -0.2) is 0 Å². The first-order valence-corrected chi connectivity index (χ1v) is 17.2. The molecule has 0 fully saturated rings. The number of hydrogen-bond acceptors (Lipinski definition) is 2. The second-order valence-corrected chi connectivity index (χ2v) is 13.2. The molecule has 0 heterocycles. The quantitative estimate of drug-likeness (QED) is 0.184. The molecule has 10 rings (SSSR count). The summed E-state index contributed by atoms with van der Waals surface area (Å²) < 4.78 is 0. The molecule has 0 bridgehead atoms. The smallest absolute Gasteiger partial charge is 0.0710 e. The maximum Gasteiger partial charge on any atom is 0.0710 e. The van der Waals surface area contributed by atoms with Gasteiger partial charge in [-0.1, -0.05) is 109 Å². The molecule has 2 N–H and O–H groups in total. The van der Waals surface area contributed by atoms with Crippen molar-refractivity contribution in [2.75, 3.05) is 10.6 Å². The Morgan fingerprint density at radius 1 is 0.260 bits per heavy atom. The summed E-state index contributed by atoms with van der Waals surface area (Å²) in [5, 5.41) is 22.5. The minimum atomic E-state index is 1.02. The van der Waals surface area contributed by atoms with Crippen LogP contribution in [0.3, 0.4) is 0 Å². The molecular weight excluding hydrogens is 605 g/mol. The van der Waals surface area contributed by atoms with E-state index in [9.17, 15) is 0 Å². The third kappa shape index (κ3) is 4.81. The van der Waals surface area contributed by atoms with E-state index in [0.717, 1.165) is 22.7 Å². The summed E-state index contributed by atoms with van der Waals surface area (Å²) in [7, 11) is 0. The highest BCUT2D eigenvalue weighted by molar-refractivity contribution is 6.24. The largest absolute Gasteiger partial charge is 0.354 e. The van der Waals surface area contributed by atoms with E-state index < -0.39 is 0 Å². The normalized spacial score (nSPS) is 11.6. The van der Waals surface area contributed by atoms with Crippen molar-refractivity contribution in [1.82, 2.24) is 0 Å². The molecular formula is C48H32N2. The molecule has 0 radical (unpaired) electrons. The van der Waals surface area contributed by atoms with Crippen molar-refractivity contribution < 1.29 is 0 Å². The number of benzene rings is 10. The predicted octanol–water partition coefficient (Wildman–Crippen LogP) is 13.8. The van der Waals surface area contributed by atoms with Gasteiger partial charge in [0.25, 0.3) is 0 Å². The van der Waals surface area contributed by atoms with E-state index in [1.54, 1.807) is 0 Å². The zero-order chi connectivity index (χ0) is 33.0. The molecule has 0 saturated heterocycles. The summed E-state index contributed by atoms with van der Waals surface area (Å²) in [5.74, 6) is 0. The van der Waals surface area contributed by atoms with Gasteiger partial charge in [0.05, 0.1) is 11.4 Å². The second kappa shape index (κ2) is 11.5.